The number of halogens is 1. The number of aliphatic imine (C=N–C) groups is 1. The predicted octanol–water partition coefficient (Wildman–Crippen LogP) is 2.83. The normalized spacial score (nSPS) is 11.4. The van der Waals surface area contributed by atoms with E-state index in [1.54, 1.807) is 25.8 Å². The summed E-state index contributed by atoms with van der Waals surface area (Å²) in [7, 11) is 1.76. The molecule has 0 atom stereocenters. The van der Waals surface area contributed by atoms with E-state index in [1.807, 2.05) is 47.2 Å². The summed E-state index contributed by atoms with van der Waals surface area (Å²) in [5.74, 6) is 1.60. The predicted molar refractivity (Wildman–Crippen MR) is 105 cm³/mol. The van der Waals surface area contributed by atoms with Crippen LogP contribution in [0.4, 0.5) is 0 Å². The van der Waals surface area contributed by atoms with Gasteiger partial charge in [0, 0.05) is 43.8 Å². The summed E-state index contributed by atoms with van der Waals surface area (Å²) >= 11 is 5.91. The van der Waals surface area contributed by atoms with Gasteiger partial charge in [0.25, 0.3) is 0 Å². The zero-order valence-electron chi connectivity index (χ0n) is 14.6. The van der Waals surface area contributed by atoms with E-state index in [4.69, 9.17) is 11.6 Å². The second kappa shape index (κ2) is 9.01. The van der Waals surface area contributed by atoms with E-state index in [-0.39, 0.29) is 0 Å². The van der Waals surface area contributed by atoms with Gasteiger partial charge in [0.1, 0.15) is 12.1 Å². The van der Waals surface area contributed by atoms with Gasteiger partial charge >= 0.3 is 0 Å². The zero-order chi connectivity index (χ0) is 18.2. The molecule has 134 valence electrons. The Bertz CT molecular complexity index is 843. The first-order valence-electron chi connectivity index (χ1n) is 8.37. The third-order valence-electron chi connectivity index (χ3n) is 3.88. The number of pyridine rings is 1. The highest BCUT2D eigenvalue weighted by atomic mass is 35.5. The average Bonchev–Trinajstić information content (AvgIpc) is 3.21. The molecule has 0 radical (unpaired) electrons. The van der Waals surface area contributed by atoms with Crippen LogP contribution in [0.15, 0.2) is 66.3 Å². The molecule has 3 aromatic rings. The first-order valence-corrected chi connectivity index (χ1v) is 8.74. The summed E-state index contributed by atoms with van der Waals surface area (Å²) in [4.78, 5) is 12.7. The van der Waals surface area contributed by atoms with Crippen molar-refractivity contribution in [2.75, 3.05) is 13.6 Å². The minimum atomic E-state index is 0.658. The standard InChI is InChI=1S/C19H21ClN6/c1-21-19(24-9-6-15-2-4-17(20)5-3-15)25-13-16-7-8-23-18(12-16)26-11-10-22-14-26/h2-5,7-8,10-12,14H,6,9,13H2,1H3,(H2,21,24,25). The maximum absolute atomic E-state index is 5.91. The second-order valence-electron chi connectivity index (χ2n) is 5.72. The molecule has 0 saturated carbocycles. The van der Waals surface area contributed by atoms with Crippen LogP contribution in [0, 0.1) is 0 Å². The van der Waals surface area contributed by atoms with Gasteiger partial charge in [-0.1, -0.05) is 23.7 Å². The average molecular weight is 369 g/mol. The van der Waals surface area contributed by atoms with Gasteiger partial charge in [0.05, 0.1) is 0 Å². The number of guanidine groups is 1. The lowest BCUT2D eigenvalue weighted by atomic mass is 10.1. The van der Waals surface area contributed by atoms with Gasteiger partial charge in [-0.3, -0.25) is 9.56 Å². The van der Waals surface area contributed by atoms with Crippen LogP contribution in [0.1, 0.15) is 11.1 Å². The third-order valence-corrected chi connectivity index (χ3v) is 4.13. The molecule has 0 aliphatic carbocycles. The minimum absolute atomic E-state index is 0.658. The smallest absolute Gasteiger partial charge is 0.191 e. The molecule has 2 heterocycles. The second-order valence-corrected chi connectivity index (χ2v) is 6.16. The number of aromatic nitrogens is 3. The van der Waals surface area contributed by atoms with E-state index in [2.05, 4.69) is 25.6 Å². The molecule has 2 aromatic heterocycles. The molecule has 0 amide bonds. The van der Waals surface area contributed by atoms with Crippen molar-refractivity contribution in [3.05, 3.63) is 77.5 Å². The maximum Gasteiger partial charge on any atom is 0.191 e. The van der Waals surface area contributed by atoms with Crippen LogP contribution in [-0.4, -0.2) is 34.1 Å². The minimum Gasteiger partial charge on any atom is -0.356 e. The summed E-state index contributed by atoms with van der Waals surface area (Å²) < 4.78 is 1.88. The number of hydrogen-bond donors (Lipinski definition) is 2. The maximum atomic E-state index is 5.91. The Morgan fingerprint density at radius 2 is 1.96 bits per heavy atom. The third kappa shape index (κ3) is 5.07. The quantitative estimate of drug-likeness (QED) is 0.518. The van der Waals surface area contributed by atoms with Gasteiger partial charge in [-0.25, -0.2) is 9.97 Å². The van der Waals surface area contributed by atoms with Crippen molar-refractivity contribution in [2.24, 2.45) is 4.99 Å². The lowest BCUT2D eigenvalue weighted by Gasteiger charge is -2.12. The molecule has 1 aromatic carbocycles. The van der Waals surface area contributed by atoms with Gasteiger partial charge < -0.3 is 10.6 Å². The van der Waals surface area contributed by atoms with E-state index in [0.29, 0.717) is 6.54 Å². The molecule has 0 saturated heterocycles. The Hall–Kier alpha value is -2.86. The summed E-state index contributed by atoms with van der Waals surface area (Å²) in [6.45, 7) is 1.45. The highest BCUT2D eigenvalue weighted by molar-refractivity contribution is 6.30. The molecule has 0 spiro atoms. The van der Waals surface area contributed by atoms with Gasteiger partial charge in [-0.15, -0.1) is 0 Å². The number of rotatable bonds is 6. The molecule has 3 rings (SSSR count). The molecule has 0 bridgehead atoms. The van der Waals surface area contributed by atoms with Crippen molar-refractivity contribution in [2.45, 2.75) is 13.0 Å². The van der Waals surface area contributed by atoms with Crippen LogP contribution in [0.2, 0.25) is 5.02 Å². The number of nitrogens with one attached hydrogen (secondary N) is 2. The van der Waals surface area contributed by atoms with E-state index in [1.165, 1.54) is 5.56 Å². The van der Waals surface area contributed by atoms with Crippen molar-refractivity contribution in [3.63, 3.8) is 0 Å². The largest absolute Gasteiger partial charge is 0.356 e. The Morgan fingerprint density at radius 3 is 2.69 bits per heavy atom. The molecule has 0 unspecified atom stereocenters. The van der Waals surface area contributed by atoms with Crippen LogP contribution in [-0.2, 0) is 13.0 Å². The first-order chi connectivity index (χ1) is 12.7. The van der Waals surface area contributed by atoms with E-state index in [9.17, 15) is 0 Å². The molecular formula is C19H21ClN6. The van der Waals surface area contributed by atoms with Crippen LogP contribution in [0.25, 0.3) is 5.82 Å². The van der Waals surface area contributed by atoms with Gasteiger partial charge in [-0.2, -0.15) is 0 Å². The lowest BCUT2D eigenvalue weighted by Crippen LogP contribution is -2.37. The van der Waals surface area contributed by atoms with Gasteiger partial charge in [0.2, 0.25) is 0 Å². The molecule has 6 nitrogen and oxygen atoms in total. The number of nitrogens with zero attached hydrogens (tertiary/aromatic N) is 4. The Balaban J connectivity index is 1.49. The molecule has 0 aliphatic heterocycles. The molecule has 0 fully saturated rings. The van der Waals surface area contributed by atoms with Gasteiger partial charge in [0.15, 0.2) is 5.96 Å². The van der Waals surface area contributed by atoms with Crippen LogP contribution in [0.5, 0.6) is 0 Å². The summed E-state index contributed by atoms with van der Waals surface area (Å²) in [6.07, 6.45) is 8.04. The van der Waals surface area contributed by atoms with Crippen LogP contribution >= 0.6 is 11.6 Å². The molecule has 0 aliphatic rings. The molecule has 7 heteroatoms. The summed E-state index contributed by atoms with van der Waals surface area (Å²) in [5, 5.41) is 7.39. The Labute approximate surface area is 158 Å². The Morgan fingerprint density at radius 1 is 1.12 bits per heavy atom. The first kappa shape index (κ1) is 17.9. The SMILES string of the molecule is CN=C(NCCc1ccc(Cl)cc1)NCc1ccnc(-n2ccnc2)c1. The fourth-order valence-corrected chi connectivity index (χ4v) is 2.62. The van der Waals surface area contributed by atoms with E-state index in [0.717, 1.165) is 35.3 Å². The summed E-state index contributed by atoms with van der Waals surface area (Å²) in [6, 6.07) is 11.9. The zero-order valence-corrected chi connectivity index (χ0v) is 15.3. The fraction of sp³-hybridized carbons (Fsp3) is 0.211. The van der Waals surface area contributed by atoms with E-state index >= 15 is 0 Å². The number of hydrogen-bond acceptors (Lipinski definition) is 3. The highest BCUT2D eigenvalue weighted by Gasteiger charge is 2.02. The fourth-order valence-electron chi connectivity index (χ4n) is 2.49. The van der Waals surface area contributed by atoms with Crippen molar-refractivity contribution in [1.29, 1.82) is 0 Å². The van der Waals surface area contributed by atoms with Crippen molar-refractivity contribution >= 4 is 17.6 Å². The van der Waals surface area contributed by atoms with Crippen molar-refractivity contribution < 1.29 is 0 Å². The van der Waals surface area contributed by atoms with Crippen LogP contribution < -0.4 is 10.6 Å². The monoisotopic (exact) mass is 368 g/mol. The molecule has 26 heavy (non-hydrogen) atoms. The Kier molecular flexibility index (Phi) is 6.22. The van der Waals surface area contributed by atoms with Gasteiger partial charge in [-0.05, 0) is 41.8 Å². The summed E-state index contributed by atoms with van der Waals surface area (Å²) in [5.41, 5.74) is 2.35. The number of benzene rings is 1. The van der Waals surface area contributed by atoms with Crippen molar-refractivity contribution in [3.8, 4) is 5.82 Å². The molecule has 2 N–H and O–H groups in total. The number of imidazole rings is 1. The molecular weight excluding hydrogens is 348 g/mol. The van der Waals surface area contributed by atoms with Crippen molar-refractivity contribution in [1.82, 2.24) is 25.2 Å². The van der Waals surface area contributed by atoms with E-state index < -0.39 is 0 Å². The highest BCUT2D eigenvalue weighted by Crippen LogP contribution is 2.09. The topological polar surface area (TPSA) is 67.1 Å². The van der Waals surface area contributed by atoms with Crippen LogP contribution in [0.3, 0.4) is 0 Å². The lowest BCUT2D eigenvalue weighted by molar-refractivity contribution is 0.793.